The first kappa shape index (κ1) is 16.6. The van der Waals surface area contributed by atoms with E-state index in [-0.39, 0.29) is 5.57 Å². The Morgan fingerprint density at radius 1 is 1.17 bits per heavy atom. The molecule has 0 bridgehead atoms. The zero-order valence-electron chi connectivity index (χ0n) is 13.5. The predicted octanol–water partition coefficient (Wildman–Crippen LogP) is 4.03. The minimum Gasteiger partial charge on any atom is -0.496 e. The fourth-order valence-electron chi connectivity index (χ4n) is 2.28. The van der Waals surface area contributed by atoms with Gasteiger partial charge in [-0.15, -0.1) is 0 Å². The summed E-state index contributed by atoms with van der Waals surface area (Å²) in [5, 5.41) is 9.59. The maximum atomic E-state index is 11.7. The lowest BCUT2D eigenvalue weighted by molar-refractivity contribution is -0.130. The monoisotopic (exact) mass is 312 g/mol. The number of hydrogen-bond acceptors (Lipinski definition) is 3. The highest BCUT2D eigenvalue weighted by molar-refractivity contribution is 6.21. The fourth-order valence-corrected chi connectivity index (χ4v) is 2.28. The molecule has 120 valence electrons. The lowest BCUT2D eigenvalue weighted by Gasteiger charge is -2.10. The number of hydrogen-bond donors (Lipinski definition) is 1. The molecular formula is C19H20O4. The summed E-state index contributed by atoms with van der Waals surface area (Å²) >= 11 is 0. The number of aryl methyl sites for hydroxylation is 1. The van der Waals surface area contributed by atoms with Crippen LogP contribution in [-0.4, -0.2) is 24.8 Å². The highest BCUT2D eigenvalue weighted by Gasteiger charge is 2.15. The molecule has 0 amide bonds. The minimum atomic E-state index is -0.997. The lowest BCUT2D eigenvalue weighted by atomic mass is 10.00. The molecule has 0 radical (unpaired) electrons. The van der Waals surface area contributed by atoms with Crippen LogP contribution in [0.5, 0.6) is 11.5 Å². The molecule has 2 aromatic rings. The van der Waals surface area contributed by atoms with Crippen LogP contribution in [0.3, 0.4) is 0 Å². The standard InChI is InChI=1S/C19H20O4/c1-4-23-15-8-6-14(7-9-15)12-17(19(20)21)16-11-13(2)5-10-18(16)22-3/h5-12H,4H2,1-3H3,(H,20,21)/b17-12-. The van der Waals surface area contributed by atoms with Crippen molar-refractivity contribution >= 4 is 17.6 Å². The summed E-state index contributed by atoms with van der Waals surface area (Å²) in [5.74, 6) is 0.299. The second kappa shape index (κ2) is 7.49. The average Bonchev–Trinajstić information content (AvgIpc) is 2.54. The zero-order chi connectivity index (χ0) is 16.8. The smallest absolute Gasteiger partial charge is 0.336 e. The summed E-state index contributed by atoms with van der Waals surface area (Å²) in [6, 6.07) is 12.8. The highest BCUT2D eigenvalue weighted by atomic mass is 16.5. The topological polar surface area (TPSA) is 55.8 Å². The van der Waals surface area contributed by atoms with Crippen molar-refractivity contribution in [2.45, 2.75) is 13.8 Å². The van der Waals surface area contributed by atoms with E-state index >= 15 is 0 Å². The van der Waals surface area contributed by atoms with Gasteiger partial charge in [0.1, 0.15) is 11.5 Å². The highest BCUT2D eigenvalue weighted by Crippen LogP contribution is 2.29. The molecule has 0 aromatic heterocycles. The molecule has 0 fully saturated rings. The van der Waals surface area contributed by atoms with E-state index in [2.05, 4.69) is 0 Å². The second-order valence-corrected chi connectivity index (χ2v) is 5.07. The van der Waals surface area contributed by atoms with Crippen LogP contribution in [0.4, 0.5) is 0 Å². The lowest BCUT2D eigenvalue weighted by Crippen LogP contribution is -2.02. The molecule has 0 unspecified atom stereocenters. The van der Waals surface area contributed by atoms with Crippen LogP contribution < -0.4 is 9.47 Å². The van der Waals surface area contributed by atoms with Crippen molar-refractivity contribution in [3.8, 4) is 11.5 Å². The number of carbonyl (C=O) groups is 1. The summed E-state index contributed by atoms with van der Waals surface area (Å²) in [4.78, 5) is 11.7. The van der Waals surface area contributed by atoms with Crippen LogP contribution in [0, 0.1) is 6.92 Å². The summed E-state index contributed by atoms with van der Waals surface area (Å²) in [7, 11) is 1.53. The van der Waals surface area contributed by atoms with Gasteiger partial charge in [0.05, 0.1) is 19.3 Å². The van der Waals surface area contributed by atoms with Gasteiger partial charge in [0.15, 0.2) is 0 Å². The molecule has 0 saturated heterocycles. The maximum absolute atomic E-state index is 11.7. The van der Waals surface area contributed by atoms with Gasteiger partial charge in [-0.05, 0) is 49.8 Å². The van der Waals surface area contributed by atoms with Crippen LogP contribution in [-0.2, 0) is 4.79 Å². The van der Waals surface area contributed by atoms with E-state index in [1.54, 1.807) is 12.1 Å². The third-order valence-corrected chi connectivity index (χ3v) is 3.38. The van der Waals surface area contributed by atoms with Crippen molar-refractivity contribution < 1.29 is 19.4 Å². The van der Waals surface area contributed by atoms with Crippen molar-refractivity contribution in [3.63, 3.8) is 0 Å². The molecule has 0 aliphatic heterocycles. The molecule has 2 rings (SSSR count). The average molecular weight is 312 g/mol. The number of aliphatic carboxylic acids is 1. The molecule has 1 N–H and O–H groups in total. The first-order chi connectivity index (χ1) is 11.0. The molecule has 0 atom stereocenters. The van der Waals surface area contributed by atoms with Crippen molar-refractivity contribution in [1.29, 1.82) is 0 Å². The normalized spacial score (nSPS) is 11.2. The number of carboxylic acid groups (broad SMARTS) is 1. The Kier molecular flexibility index (Phi) is 5.41. The number of methoxy groups -OCH3 is 1. The van der Waals surface area contributed by atoms with Crippen LogP contribution in [0.15, 0.2) is 42.5 Å². The van der Waals surface area contributed by atoms with Gasteiger partial charge in [-0.1, -0.05) is 23.8 Å². The maximum Gasteiger partial charge on any atom is 0.336 e. The largest absolute Gasteiger partial charge is 0.496 e. The van der Waals surface area contributed by atoms with Crippen LogP contribution in [0.2, 0.25) is 0 Å². The van der Waals surface area contributed by atoms with Gasteiger partial charge in [-0.25, -0.2) is 4.79 Å². The molecule has 0 aliphatic carbocycles. The minimum absolute atomic E-state index is 0.190. The van der Waals surface area contributed by atoms with Gasteiger partial charge in [0.2, 0.25) is 0 Å². The summed E-state index contributed by atoms with van der Waals surface area (Å²) in [6.07, 6.45) is 1.63. The Bertz CT molecular complexity index is 715. The summed E-state index contributed by atoms with van der Waals surface area (Å²) in [5.41, 5.74) is 2.51. The van der Waals surface area contributed by atoms with Gasteiger partial charge >= 0.3 is 5.97 Å². The third-order valence-electron chi connectivity index (χ3n) is 3.38. The fraction of sp³-hybridized carbons (Fsp3) is 0.211. The van der Waals surface area contributed by atoms with E-state index in [0.717, 1.165) is 16.9 Å². The SMILES string of the molecule is CCOc1ccc(/C=C(\C(=O)O)c2cc(C)ccc2OC)cc1. The van der Waals surface area contributed by atoms with Crippen molar-refractivity contribution in [2.24, 2.45) is 0 Å². The van der Waals surface area contributed by atoms with Crippen LogP contribution >= 0.6 is 0 Å². The molecule has 4 nitrogen and oxygen atoms in total. The summed E-state index contributed by atoms with van der Waals surface area (Å²) in [6.45, 7) is 4.43. The number of rotatable bonds is 6. The van der Waals surface area contributed by atoms with Gasteiger partial charge in [-0.2, -0.15) is 0 Å². The quantitative estimate of drug-likeness (QED) is 0.646. The summed E-state index contributed by atoms with van der Waals surface area (Å²) < 4.78 is 10.7. The Hall–Kier alpha value is -2.75. The Balaban J connectivity index is 2.46. The van der Waals surface area contributed by atoms with E-state index in [0.29, 0.717) is 17.9 Å². The molecule has 0 aliphatic rings. The van der Waals surface area contributed by atoms with Gasteiger partial charge in [0, 0.05) is 5.56 Å². The molecule has 0 saturated carbocycles. The first-order valence-corrected chi connectivity index (χ1v) is 7.38. The molecule has 0 spiro atoms. The van der Waals surface area contributed by atoms with Crippen molar-refractivity contribution in [3.05, 3.63) is 59.2 Å². The number of benzene rings is 2. The van der Waals surface area contributed by atoms with Gasteiger partial charge in [-0.3, -0.25) is 0 Å². The van der Waals surface area contributed by atoms with Crippen molar-refractivity contribution in [2.75, 3.05) is 13.7 Å². The number of carboxylic acids is 1. The number of ether oxygens (including phenoxy) is 2. The van der Waals surface area contributed by atoms with Crippen LogP contribution in [0.1, 0.15) is 23.6 Å². The van der Waals surface area contributed by atoms with E-state index in [1.165, 1.54) is 7.11 Å². The predicted molar refractivity (Wildman–Crippen MR) is 90.8 cm³/mol. The van der Waals surface area contributed by atoms with Gasteiger partial charge < -0.3 is 14.6 Å². The Morgan fingerprint density at radius 3 is 2.43 bits per heavy atom. The first-order valence-electron chi connectivity index (χ1n) is 7.38. The molecule has 23 heavy (non-hydrogen) atoms. The zero-order valence-corrected chi connectivity index (χ0v) is 13.5. The third kappa shape index (κ3) is 4.13. The van der Waals surface area contributed by atoms with E-state index < -0.39 is 5.97 Å². The Morgan fingerprint density at radius 2 is 1.87 bits per heavy atom. The van der Waals surface area contributed by atoms with Crippen molar-refractivity contribution in [1.82, 2.24) is 0 Å². The Labute approximate surface area is 136 Å². The molecular weight excluding hydrogens is 292 g/mol. The second-order valence-electron chi connectivity index (χ2n) is 5.07. The van der Waals surface area contributed by atoms with E-state index in [4.69, 9.17) is 9.47 Å². The van der Waals surface area contributed by atoms with Crippen LogP contribution in [0.25, 0.3) is 11.6 Å². The molecule has 0 heterocycles. The molecule has 4 heteroatoms. The molecule has 2 aromatic carbocycles. The van der Waals surface area contributed by atoms with E-state index in [1.807, 2.05) is 50.2 Å². The van der Waals surface area contributed by atoms with Gasteiger partial charge in [0.25, 0.3) is 0 Å². The van der Waals surface area contributed by atoms with E-state index in [9.17, 15) is 9.90 Å².